The van der Waals surface area contributed by atoms with Crippen molar-refractivity contribution >= 4 is 33.3 Å². The summed E-state index contributed by atoms with van der Waals surface area (Å²) in [6.45, 7) is 4.90. The normalized spacial score (nSPS) is 18.7. The first kappa shape index (κ1) is 23.0. The van der Waals surface area contributed by atoms with Crippen molar-refractivity contribution in [1.82, 2.24) is 19.1 Å². The van der Waals surface area contributed by atoms with Crippen LogP contribution in [-0.2, 0) is 21.2 Å². The molecule has 0 bridgehead atoms. The zero-order chi connectivity index (χ0) is 22.7. The minimum absolute atomic E-state index is 0.0549. The van der Waals surface area contributed by atoms with Crippen molar-refractivity contribution in [3.05, 3.63) is 53.2 Å². The Bertz CT molecular complexity index is 1050. The van der Waals surface area contributed by atoms with E-state index in [1.165, 1.54) is 10.5 Å². The van der Waals surface area contributed by atoms with Crippen molar-refractivity contribution in [3.8, 4) is 0 Å². The third kappa shape index (κ3) is 5.06. The molecule has 0 radical (unpaired) electrons. The van der Waals surface area contributed by atoms with Crippen LogP contribution in [0.25, 0.3) is 0 Å². The molecule has 2 saturated heterocycles. The monoisotopic (exact) mass is 477 g/mol. The van der Waals surface area contributed by atoms with Gasteiger partial charge in [0.25, 0.3) is 0 Å². The Hall–Kier alpha value is -2.20. The molecule has 1 aromatic heterocycles. The highest BCUT2D eigenvalue weighted by Crippen LogP contribution is 2.21. The summed E-state index contributed by atoms with van der Waals surface area (Å²) in [5, 5.41) is 0.607. The number of hydrogen-bond donors (Lipinski definition) is 0. The van der Waals surface area contributed by atoms with Gasteiger partial charge in [0.2, 0.25) is 15.9 Å². The minimum Gasteiger partial charge on any atom is -0.353 e. The SMILES string of the molecule is CN1CCN(S(=O)(=O)c2ccc(N3CCN(C(=O)Cc4ccccc4Cl)CC3)nc2)CC1. The zero-order valence-corrected chi connectivity index (χ0v) is 19.7. The van der Waals surface area contributed by atoms with E-state index in [1.807, 2.05) is 30.1 Å². The van der Waals surface area contributed by atoms with Gasteiger partial charge in [0.15, 0.2) is 0 Å². The molecule has 2 aliphatic rings. The number of nitrogens with zero attached hydrogens (tertiary/aromatic N) is 5. The summed E-state index contributed by atoms with van der Waals surface area (Å²) in [5.41, 5.74) is 0.834. The molecule has 0 atom stereocenters. The lowest BCUT2D eigenvalue weighted by atomic mass is 10.1. The van der Waals surface area contributed by atoms with Crippen molar-refractivity contribution in [2.75, 3.05) is 64.3 Å². The van der Waals surface area contributed by atoms with Crippen LogP contribution in [0, 0.1) is 0 Å². The maximum atomic E-state index is 12.9. The highest BCUT2D eigenvalue weighted by Gasteiger charge is 2.28. The van der Waals surface area contributed by atoms with Crippen LogP contribution >= 0.6 is 11.6 Å². The summed E-state index contributed by atoms with van der Waals surface area (Å²) in [4.78, 5) is 23.3. The van der Waals surface area contributed by atoms with Gasteiger partial charge in [-0.2, -0.15) is 4.31 Å². The highest BCUT2D eigenvalue weighted by atomic mass is 35.5. The molecule has 0 N–H and O–H groups in total. The maximum absolute atomic E-state index is 12.9. The molecule has 8 nitrogen and oxygen atoms in total. The largest absolute Gasteiger partial charge is 0.353 e. The lowest BCUT2D eigenvalue weighted by Crippen LogP contribution is -2.49. The van der Waals surface area contributed by atoms with Gasteiger partial charge in [0.05, 0.1) is 6.42 Å². The number of pyridine rings is 1. The molecule has 2 aliphatic heterocycles. The van der Waals surface area contributed by atoms with E-state index < -0.39 is 10.0 Å². The second kappa shape index (κ2) is 9.74. The third-order valence-electron chi connectivity index (χ3n) is 6.08. The van der Waals surface area contributed by atoms with Crippen LogP contribution in [-0.4, -0.2) is 92.8 Å². The summed E-state index contributed by atoms with van der Waals surface area (Å²) in [6.07, 6.45) is 1.73. The fourth-order valence-corrected chi connectivity index (χ4v) is 5.56. The van der Waals surface area contributed by atoms with E-state index in [4.69, 9.17) is 11.6 Å². The van der Waals surface area contributed by atoms with E-state index in [0.29, 0.717) is 44.3 Å². The molecule has 32 heavy (non-hydrogen) atoms. The highest BCUT2D eigenvalue weighted by molar-refractivity contribution is 7.89. The smallest absolute Gasteiger partial charge is 0.244 e. The zero-order valence-electron chi connectivity index (χ0n) is 18.2. The Morgan fingerprint density at radius 2 is 1.66 bits per heavy atom. The Morgan fingerprint density at radius 1 is 0.969 bits per heavy atom. The summed E-state index contributed by atoms with van der Waals surface area (Å²) in [6, 6.07) is 10.8. The molecule has 0 saturated carbocycles. The van der Waals surface area contributed by atoms with Crippen LogP contribution in [0.5, 0.6) is 0 Å². The van der Waals surface area contributed by atoms with Crippen LogP contribution in [0.2, 0.25) is 5.02 Å². The first-order chi connectivity index (χ1) is 15.3. The van der Waals surface area contributed by atoms with Crippen molar-refractivity contribution in [1.29, 1.82) is 0 Å². The number of rotatable bonds is 5. The van der Waals surface area contributed by atoms with Gasteiger partial charge in [-0.05, 0) is 30.8 Å². The lowest BCUT2D eigenvalue weighted by Gasteiger charge is -2.35. The molecule has 172 valence electrons. The second-order valence-electron chi connectivity index (χ2n) is 8.20. The number of benzene rings is 1. The van der Waals surface area contributed by atoms with Gasteiger partial charge < -0.3 is 14.7 Å². The molecular formula is C22H28ClN5O3S. The van der Waals surface area contributed by atoms with E-state index in [9.17, 15) is 13.2 Å². The second-order valence-corrected chi connectivity index (χ2v) is 10.5. The summed E-state index contributed by atoms with van der Waals surface area (Å²) in [7, 11) is -1.53. The molecule has 0 aliphatic carbocycles. The van der Waals surface area contributed by atoms with Crippen LogP contribution in [0.3, 0.4) is 0 Å². The molecule has 0 unspecified atom stereocenters. The number of halogens is 1. The van der Waals surface area contributed by atoms with E-state index in [2.05, 4.69) is 14.8 Å². The van der Waals surface area contributed by atoms with E-state index in [0.717, 1.165) is 24.5 Å². The third-order valence-corrected chi connectivity index (χ3v) is 8.33. The van der Waals surface area contributed by atoms with Crippen LogP contribution in [0.4, 0.5) is 5.82 Å². The lowest BCUT2D eigenvalue weighted by molar-refractivity contribution is -0.130. The predicted molar refractivity (Wildman–Crippen MR) is 124 cm³/mol. The van der Waals surface area contributed by atoms with Crippen LogP contribution in [0.1, 0.15) is 5.56 Å². The fourth-order valence-electron chi connectivity index (χ4n) is 3.99. The first-order valence-corrected chi connectivity index (χ1v) is 12.6. The van der Waals surface area contributed by atoms with Gasteiger partial charge in [0, 0.05) is 63.6 Å². The molecule has 1 aromatic carbocycles. The summed E-state index contributed by atoms with van der Waals surface area (Å²) < 4.78 is 27.3. The average Bonchev–Trinajstić information content (AvgIpc) is 2.81. The Kier molecular flexibility index (Phi) is 6.99. The topological polar surface area (TPSA) is 77.1 Å². The molecule has 4 rings (SSSR count). The number of aromatic nitrogens is 1. The molecular weight excluding hydrogens is 450 g/mol. The molecule has 10 heteroatoms. The standard InChI is InChI=1S/C22H28ClN5O3S/c1-25-8-14-28(15-9-25)32(30,31)19-6-7-21(24-17-19)26-10-12-27(13-11-26)22(29)16-18-4-2-3-5-20(18)23/h2-7,17H,8-16H2,1H3. The average molecular weight is 478 g/mol. The Labute approximate surface area is 194 Å². The number of carbonyl (C=O) groups is 1. The molecule has 3 heterocycles. The van der Waals surface area contributed by atoms with Crippen molar-refractivity contribution < 1.29 is 13.2 Å². The van der Waals surface area contributed by atoms with Crippen LogP contribution in [0.15, 0.2) is 47.5 Å². The quantitative estimate of drug-likeness (QED) is 0.650. The fraction of sp³-hybridized carbons (Fsp3) is 0.455. The maximum Gasteiger partial charge on any atom is 0.244 e. The number of hydrogen-bond acceptors (Lipinski definition) is 6. The van der Waals surface area contributed by atoms with Gasteiger partial charge in [-0.25, -0.2) is 13.4 Å². The number of sulfonamides is 1. The van der Waals surface area contributed by atoms with Crippen molar-refractivity contribution in [2.24, 2.45) is 0 Å². The van der Waals surface area contributed by atoms with Gasteiger partial charge in [-0.3, -0.25) is 4.79 Å². The number of carbonyl (C=O) groups excluding carboxylic acids is 1. The molecule has 2 fully saturated rings. The Balaban J connectivity index is 1.34. The van der Waals surface area contributed by atoms with Gasteiger partial charge in [-0.15, -0.1) is 0 Å². The summed E-state index contributed by atoms with van der Waals surface area (Å²) in [5.74, 6) is 0.778. The number of anilines is 1. The Morgan fingerprint density at radius 3 is 2.28 bits per heavy atom. The number of piperazine rings is 2. The van der Waals surface area contributed by atoms with E-state index in [-0.39, 0.29) is 17.2 Å². The van der Waals surface area contributed by atoms with Crippen LogP contribution < -0.4 is 4.90 Å². The van der Waals surface area contributed by atoms with Gasteiger partial charge in [0.1, 0.15) is 10.7 Å². The van der Waals surface area contributed by atoms with Crippen molar-refractivity contribution in [2.45, 2.75) is 11.3 Å². The summed E-state index contributed by atoms with van der Waals surface area (Å²) >= 11 is 6.18. The van der Waals surface area contributed by atoms with Crippen molar-refractivity contribution in [3.63, 3.8) is 0 Å². The van der Waals surface area contributed by atoms with Gasteiger partial charge in [-0.1, -0.05) is 29.8 Å². The number of amides is 1. The number of likely N-dealkylation sites (N-methyl/N-ethyl adjacent to an activating group) is 1. The van der Waals surface area contributed by atoms with Gasteiger partial charge >= 0.3 is 0 Å². The minimum atomic E-state index is -3.52. The molecule has 1 amide bonds. The van der Waals surface area contributed by atoms with E-state index in [1.54, 1.807) is 18.2 Å². The van der Waals surface area contributed by atoms with E-state index >= 15 is 0 Å². The predicted octanol–water partition coefficient (Wildman–Crippen LogP) is 1.56. The molecule has 2 aromatic rings. The first-order valence-electron chi connectivity index (χ1n) is 10.8. The molecule has 0 spiro atoms.